The summed E-state index contributed by atoms with van der Waals surface area (Å²) in [5.41, 5.74) is -1.30. The maximum atomic E-state index is 12.6. The minimum absolute atomic E-state index is 0.0763. The van der Waals surface area contributed by atoms with Gasteiger partial charge in [-0.25, -0.2) is 4.98 Å². The lowest BCUT2D eigenvalue weighted by molar-refractivity contribution is -0.142. The van der Waals surface area contributed by atoms with E-state index in [1.165, 1.54) is 23.6 Å². The van der Waals surface area contributed by atoms with Gasteiger partial charge >= 0.3 is 12.1 Å². The zero-order chi connectivity index (χ0) is 23.5. The van der Waals surface area contributed by atoms with Crippen LogP contribution in [0, 0.1) is 0 Å². The number of amides is 1. The Morgan fingerprint density at radius 2 is 2.06 bits per heavy atom. The van der Waals surface area contributed by atoms with Gasteiger partial charge in [-0.15, -0.1) is 11.3 Å². The van der Waals surface area contributed by atoms with Crippen molar-refractivity contribution in [1.82, 2.24) is 15.3 Å². The molecular weight excluding hydrogens is 455 g/mol. The summed E-state index contributed by atoms with van der Waals surface area (Å²) in [7, 11) is 0. The molecule has 32 heavy (non-hydrogen) atoms. The third kappa shape index (κ3) is 5.17. The Morgan fingerprint density at radius 1 is 1.31 bits per heavy atom. The van der Waals surface area contributed by atoms with Crippen molar-refractivity contribution >= 4 is 34.1 Å². The molecule has 1 amide bonds. The number of fused-ring (bicyclic) bond motifs is 1. The minimum atomic E-state index is -4.54. The van der Waals surface area contributed by atoms with Gasteiger partial charge in [0.2, 0.25) is 0 Å². The average Bonchev–Trinajstić information content (AvgIpc) is 3.20. The van der Waals surface area contributed by atoms with Crippen molar-refractivity contribution in [2.75, 3.05) is 13.2 Å². The number of alkyl halides is 3. The molecule has 13 heteroatoms. The van der Waals surface area contributed by atoms with Crippen LogP contribution in [-0.4, -0.2) is 40.1 Å². The number of hydrogen-bond donors (Lipinski definition) is 3. The second-order valence-corrected chi connectivity index (χ2v) is 7.16. The van der Waals surface area contributed by atoms with E-state index in [2.05, 4.69) is 20.0 Å². The topological polar surface area (TPSA) is 131 Å². The van der Waals surface area contributed by atoms with Crippen LogP contribution < -0.4 is 15.6 Å². The quantitative estimate of drug-likeness (QED) is 0.452. The van der Waals surface area contributed by atoms with Crippen molar-refractivity contribution in [3.05, 3.63) is 50.2 Å². The molecule has 0 spiro atoms. The van der Waals surface area contributed by atoms with E-state index in [1.54, 1.807) is 6.92 Å². The molecule has 2 aromatic heterocycles. The average molecular weight is 471 g/mol. The molecule has 0 atom stereocenters. The van der Waals surface area contributed by atoms with Gasteiger partial charge in [0.15, 0.2) is 5.01 Å². The Bertz CT molecular complexity index is 1220. The summed E-state index contributed by atoms with van der Waals surface area (Å²) in [4.78, 5) is 41.8. The number of carbonyl (C=O) groups excluding carboxylic acids is 2. The highest BCUT2D eigenvalue weighted by atomic mass is 32.1. The number of halogens is 3. The van der Waals surface area contributed by atoms with Crippen molar-refractivity contribution in [3.63, 3.8) is 0 Å². The lowest BCUT2D eigenvalue weighted by Gasteiger charge is -2.10. The molecule has 9 nitrogen and oxygen atoms in total. The van der Waals surface area contributed by atoms with Crippen LogP contribution in [0.25, 0.3) is 10.9 Å². The molecule has 170 valence electrons. The number of aromatic nitrogens is 2. The predicted molar refractivity (Wildman–Crippen MR) is 107 cm³/mol. The van der Waals surface area contributed by atoms with Gasteiger partial charge in [0.25, 0.3) is 11.5 Å². The highest BCUT2D eigenvalue weighted by Crippen LogP contribution is 2.32. The van der Waals surface area contributed by atoms with E-state index in [0.717, 1.165) is 0 Å². The molecule has 1 aromatic carbocycles. The zero-order valence-electron chi connectivity index (χ0n) is 16.4. The Labute approximate surface area is 181 Å². The maximum absolute atomic E-state index is 12.6. The van der Waals surface area contributed by atoms with Crippen LogP contribution in [0.15, 0.2) is 28.4 Å². The molecule has 0 saturated heterocycles. The number of rotatable bonds is 7. The van der Waals surface area contributed by atoms with E-state index in [0.29, 0.717) is 11.3 Å². The van der Waals surface area contributed by atoms with Gasteiger partial charge in [-0.3, -0.25) is 14.4 Å². The SMILES string of the molecule is CCOC(=O)CNC(=O)c1c(O)c2ccc(OCc3csc(C(F)(F)F)n3)cc2[nH]c1=O. The fourth-order valence-electron chi connectivity index (χ4n) is 2.67. The van der Waals surface area contributed by atoms with Crippen LogP contribution >= 0.6 is 11.3 Å². The number of nitrogens with zero attached hydrogens (tertiary/aromatic N) is 1. The smallest absolute Gasteiger partial charge is 0.443 e. The monoisotopic (exact) mass is 471 g/mol. The first-order valence-electron chi connectivity index (χ1n) is 9.07. The predicted octanol–water partition coefficient (Wildman–Crippen LogP) is 2.58. The van der Waals surface area contributed by atoms with Gasteiger partial charge in [0.1, 0.15) is 30.2 Å². The molecule has 0 unspecified atom stereocenters. The molecular formula is C19H16F3N3O6S. The number of carbonyl (C=O) groups is 2. The number of pyridine rings is 1. The second kappa shape index (κ2) is 9.26. The van der Waals surface area contributed by atoms with E-state index in [9.17, 15) is 32.7 Å². The molecule has 0 fully saturated rings. The highest BCUT2D eigenvalue weighted by Gasteiger charge is 2.34. The normalized spacial score (nSPS) is 11.4. The number of thiazole rings is 1. The fourth-order valence-corrected chi connectivity index (χ4v) is 3.35. The van der Waals surface area contributed by atoms with Gasteiger partial charge in [0, 0.05) is 16.8 Å². The number of hydrogen-bond acceptors (Lipinski definition) is 8. The molecule has 0 bridgehead atoms. The summed E-state index contributed by atoms with van der Waals surface area (Å²) in [6, 6.07) is 4.10. The Morgan fingerprint density at radius 3 is 2.72 bits per heavy atom. The fraction of sp³-hybridized carbons (Fsp3) is 0.263. The van der Waals surface area contributed by atoms with Crippen LogP contribution in [0.3, 0.4) is 0 Å². The van der Waals surface area contributed by atoms with E-state index in [-0.39, 0.29) is 35.6 Å². The number of H-pyrrole nitrogens is 1. The summed E-state index contributed by atoms with van der Waals surface area (Å²) >= 11 is 0.447. The molecule has 0 aliphatic carbocycles. The Balaban J connectivity index is 1.77. The molecule has 0 aliphatic rings. The Kier molecular flexibility index (Phi) is 6.67. The number of esters is 1. The van der Waals surface area contributed by atoms with E-state index in [1.807, 2.05) is 0 Å². The number of ether oxygens (including phenoxy) is 2. The molecule has 3 rings (SSSR count). The van der Waals surface area contributed by atoms with Crippen molar-refractivity contribution in [2.24, 2.45) is 0 Å². The van der Waals surface area contributed by atoms with Crippen molar-refractivity contribution in [2.45, 2.75) is 19.7 Å². The zero-order valence-corrected chi connectivity index (χ0v) is 17.2. The summed E-state index contributed by atoms with van der Waals surface area (Å²) in [6.45, 7) is 0.979. The van der Waals surface area contributed by atoms with Crippen molar-refractivity contribution in [1.29, 1.82) is 0 Å². The molecule has 0 aliphatic heterocycles. The standard InChI is InChI=1S/C19H16F3N3O6S/c1-2-30-13(26)6-23-16(28)14-15(27)11-4-3-10(5-12(11)25-17(14)29)31-7-9-8-32-18(24-9)19(20,21)22/h3-5,8H,2,6-7H2,1H3,(H,23,28)(H2,25,27,29). The summed E-state index contributed by atoms with van der Waals surface area (Å²) in [5.74, 6) is -2.09. The van der Waals surface area contributed by atoms with Crippen LogP contribution in [0.4, 0.5) is 13.2 Å². The highest BCUT2D eigenvalue weighted by molar-refractivity contribution is 7.09. The molecule has 3 N–H and O–H groups in total. The molecule has 0 saturated carbocycles. The van der Waals surface area contributed by atoms with Gasteiger partial charge in [-0.05, 0) is 19.1 Å². The number of aromatic hydroxyl groups is 1. The third-order valence-electron chi connectivity index (χ3n) is 4.06. The number of aromatic amines is 1. The first-order chi connectivity index (χ1) is 15.1. The number of nitrogens with one attached hydrogen (secondary N) is 2. The second-order valence-electron chi connectivity index (χ2n) is 6.30. The lowest BCUT2D eigenvalue weighted by atomic mass is 10.1. The Hall–Kier alpha value is -3.61. The largest absolute Gasteiger partial charge is 0.506 e. The van der Waals surface area contributed by atoms with Crippen LogP contribution in [0.5, 0.6) is 11.5 Å². The number of benzene rings is 1. The summed E-state index contributed by atoms with van der Waals surface area (Å²) < 4.78 is 48.0. The summed E-state index contributed by atoms with van der Waals surface area (Å²) in [6.07, 6.45) is -4.54. The molecule has 2 heterocycles. The summed E-state index contributed by atoms with van der Waals surface area (Å²) in [5, 5.41) is 12.9. The van der Waals surface area contributed by atoms with E-state index < -0.39 is 46.5 Å². The third-order valence-corrected chi connectivity index (χ3v) is 5.00. The van der Waals surface area contributed by atoms with E-state index in [4.69, 9.17) is 4.74 Å². The first-order valence-corrected chi connectivity index (χ1v) is 9.95. The van der Waals surface area contributed by atoms with Gasteiger partial charge in [0.05, 0.1) is 17.8 Å². The van der Waals surface area contributed by atoms with Gasteiger partial charge in [-0.1, -0.05) is 0 Å². The minimum Gasteiger partial charge on any atom is -0.506 e. The van der Waals surface area contributed by atoms with Crippen molar-refractivity contribution < 1.29 is 37.3 Å². The van der Waals surface area contributed by atoms with Crippen LogP contribution in [0.1, 0.15) is 28.0 Å². The first kappa shape index (κ1) is 23.1. The van der Waals surface area contributed by atoms with Crippen LogP contribution in [-0.2, 0) is 22.3 Å². The van der Waals surface area contributed by atoms with Crippen molar-refractivity contribution in [3.8, 4) is 11.5 Å². The van der Waals surface area contributed by atoms with Gasteiger partial charge in [-0.2, -0.15) is 13.2 Å². The maximum Gasteiger partial charge on any atom is 0.443 e. The van der Waals surface area contributed by atoms with Gasteiger partial charge < -0.3 is 24.9 Å². The van der Waals surface area contributed by atoms with E-state index >= 15 is 0 Å². The molecule has 3 aromatic rings. The molecule has 0 radical (unpaired) electrons. The van der Waals surface area contributed by atoms with Crippen LogP contribution in [0.2, 0.25) is 0 Å². The lowest BCUT2D eigenvalue weighted by Crippen LogP contribution is -2.34.